The number of methoxy groups -OCH3 is 1. The second-order valence-corrected chi connectivity index (χ2v) is 8.64. The maximum Gasteiger partial charge on any atom is 0.328 e. The lowest BCUT2D eigenvalue weighted by atomic mass is 9.84. The van der Waals surface area contributed by atoms with Crippen LogP contribution < -0.4 is 4.74 Å². The third-order valence-electron chi connectivity index (χ3n) is 6.25. The Kier molecular flexibility index (Phi) is 7.44. The highest BCUT2D eigenvalue weighted by Crippen LogP contribution is 2.38. The second kappa shape index (κ2) is 10.7. The number of carboxylic acids is 2. The van der Waals surface area contributed by atoms with Crippen molar-refractivity contribution in [3.8, 4) is 5.88 Å². The van der Waals surface area contributed by atoms with Gasteiger partial charge in [0.15, 0.2) is 0 Å². The third-order valence-corrected chi connectivity index (χ3v) is 6.25. The number of allylic oxidation sites excluding steroid dienone is 4. The van der Waals surface area contributed by atoms with Gasteiger partial charge in [0.05, 0.1) is 48.8 Å². The molecule has 0 saturated carbocycles. The van der Waals surface area contributed by atoms with Gasteiger partial charge in [-0.2, -0.15) is 5.10 Å². The van der Waals surface area contributed by atoms with E-state index >= 15 is 0 Å². The zero-order valence-corrected chi connectivity index (χ0v) is 20.5. The number of fused-ring (bicyclic) bond motifs is 3. The summed E-state index contributed by atoms with van der Waals surface area (Å²) >= 11 is 0. The molecular weight excluding hydrogens is 480 g/mol. The van der Waals surface area contributed by atoms with E-state index in [0.29, 0.717) is 30.2 Å². The van der Waals surface area contributed by atoms with Gasteiger partial charge in [-0.15, -0.1) is 0 Å². The van der Waals surface area contributed by atoms with Crippen LogP contribution in [0.2, 0.25) is 0 Å². The molecule has 0 aromatic carbocycles. The Morgan fingerprint density at radius 1 is 1.19 bits per heavy atom. The highest BCUT2D eigenvalue weighted by Gasteiger charge is 2.35. The molecule has 5 rings (SSSR count). The summed E-state index contributed by atoms with van der Waals surface area (Å²) in [7, 11) is 1.62. The van der Waals surface area contributed by atoms with Crippen molar-refractivity contribution in [3.05, 3.63) is 70.7 Å². The molecule has 0 spiro atoms. The smallest absolute Gasteiger partial charge is 0.328 e. The number of aryl methyl sites for hydroxylation is 1. The summed E-state index contributed by atoms with van der Waals surface area (Å²) in [6.45, 7) is 5.37. The number of ether oxygens (including phenoxy) is 2. The lowest BCUT2D eigenvalue weighted by Crippen LogP contribution is -2.26. The number of carbonyl (C=O) groups excluding carboxylic acids is 1. The van der Waals surface area contributed by atoms with E-state index in [2.05, 4.69) is 27.2 Å². The summed E-state index contributed by atoms with van der Waals surface area (Å²) in [6, 6.07) is 0.165. The molecule has 2 atom stereocenters. The number of nitrogens with zero attached hydrogens (tertiary/aromatic N) is 4. The summed E-state index contributed by atoms with van der Waals surface area (Å²) < 4.78 is 12.9. The first-order valence-electron chi connectivity index (χ1n) is 11.5. The molecule has 11 heteroatoms. The summed E-state index contributed by atoms with van der Waals surface area (Å²) in [6.07, 6.45) is 11.7. The van der Waals surface area contributed by atoms with Crippen LogP contribution in [0.25, 0.3) is 5.57 Å². The number of hydrogen-bond donors (Lipinski definition) is 2. The Morgan fingerprint density at radius 3 is 2.54 bits per heavy atom. The first-order valence-corrected chi connectivity index (χ1v) is 11.5. The number of carbonyl (C=O) groups is 3. The molecule has 3 aliphatic rings. The molecule has 11 nitrogen and oxygen atoms in total. The Labute approximate surface area is 212 Å². The summed E-state index contributed by atoms with van der Waals surface area (Å²) in [4.78, 5) is 40.5. The van der Waals surface area contributed by atoms with Gasteiger partial charge >= 0.3 is 11.9 Å². The molecule has 4 heterocycles. The molecule has 0 radical (unpaired) electrons. The molecule has 1 aliphatic carbocycles. The van der Waals surface area contributed by atoms with Crippen molar-refractivity contribution in [1.82, 2.24) is 14.8 Å². The minimum atomic E-state index is -1.26. The van der Waals surface area contributed by atoms with E-state index in [0.717, 1.165) is 46.7 Å². The van der Waals surface area contributed by atoms with Crippen LogP contribution in [0.1, 0.15) is 51.1 Å². The van der Waals surface area contributed by atoms with Gasteiger partial charge < -0.3 is 19.7 Å². The van der Waals surface area contributed by atoms with Crippen molar-refractivity contribution >= 4 is 29.1 Å². The van der Waals surface area contributed by atoms with Crippen LogP contribution in [-0.2, 0) is 14.3 Å². The topological polar surface area (TPSA) is 153 Å². The largest absolute Gasteiger partial charge is 0.481 e. The Bertz CT molecular complexity index is 1360. The van der Waals surface area contributed by atoms with Gasteiger partial charge in [-0.3, -0.25) is 9.48 Å². The first-order chi connectivity index (χ1) is 17.7. The van der Waals surface area contributed by atoms with Crippen molar-refractivity contribution in [3.63, 3.8) is 0 Å². The van der Waals surface area contributed by atoms with Crippen LogP contribution in [0.4, 0.5) is 0 Å². The molecule has 0 bridgehead atoms. The van der Waals surface area contributed by atoms with E-state index in [1.54, 1.807) is 13.3 Å². The molecule has 1 fully saturated rings. The predicted molar refractivity (Wildman–Crippen MR) is 133 cm³/mol. The fraction of sp³-hybridized carbons (Fsp3) is 0.308. The van der Waals surface area contributed by atoms with Gasteiger partial charge in [-0.1, -0.05) is 12.2 Å². The molecule has 2 aromatic heterocycles. The number of rotatable bonds is 5. The van der Waals surface area contributed by atoms with Gasteiger partial charge in [0.2, 0.25) is 5.88 Å². The summed E-state index contributed by atoms with van der Waals surface area (Å²) in [5.41, 5.74) is 6.34. The molecule has 2 aromatic rings. The number of hydrogen-bond acceptors (Lipinski definition) is 7. The Morgan fingerprint density at radius 2 is 1.92 bits per heavy atom. The lowest BCUT2D eigenvalue weighted by molar-refractivity contribution is -0.134. The van der Waals surface area contributed by atoms with Crippen LogP contribution in [0.3, 0.4) is 0 Å². The minimum Gasteiger partial charge on any atom is -0.481 e. The van der Waals surface area contributed by atoms with E-state index in [1.807, 2.05) is 30.8 Å². The number of pyridine rings is 1. The maximum absolute atomic E-state index is 12.7. The Balaban J connectivity index is 0.000000349. The van der Waals surface area contributed by atoms with Gasteiger partial charge in [0, 0.05) is 30.5 Å². The zero-order valence-electron chi connectivity index (χ0n) is 20.5. The molecule has 37 heavy (non-hydrogen) atoms. The molecular formula is C26H26N4O7. The quantitative estimate of drug-likeness (QED) is 0.583. The minimum absolute atomic E-state index is 0.0844. The summed E-state index contributed by atoms with van der Waals surface area (Å²) in [5.74, 6) is -2.23. The lowest BCUT2D eigenvalue weighted by Gasteiger charge is -2.26. The van der Waals surface area contributed by atoms with E-state index < -0.39 is 11.9 Å². The SMILES string of the molecule is COc1ncc(C)c(C2=CC3=NC(=O)c4cnn([C@H]5CCOC5)c4C3C=C2)c1C.O=C(O)/C=C\C(=O)O. The van der Waals surface area contributed by atoms with Gasteiger partial charge in [0.25, 0.3) is 5.91 Å². The van der Waals surface area contributed by atoms with Crippen molar-refractivity contribution in [2.45, 2.75) is 32.2 Å². The monoisotopic (exact) mass is 506 g/mol. The van der Waals surface area contributed by atoms with E-state index in [4.69, 9.17) is 19.7 Å². The second-order valence-electron chi connectivity index (χ2n) is 8.64. The van der Waals surface area contributed by atoms with Crippen molar-refractivity contribution in [2.75, 3.05) is 20.3 Å². The standard InChI is InChI=1S/C22H22N4O3.C4H4O4/c1-12-9-23-22(28-3)13(2)19(12)14-4-5-16-18(8-14)25-21(27)17-10-24-26(20(16)17)15-6-7-29-11-15;5-3(6)1-2-4(7)8/h4-5,8-10,15-16H,6-7,11H2,1-3H3;1-2H,(H,5,6)(H,7,8)/b;2-1-/t15-,16?;/m0./s1. The molecule has 192 valence electrons. The van der Waals surface area contributed by atoms with Gasteiger partial charge in [-0.25, -0.2) is 19.6 Å². The molecule has 2 aliphatic heterocycles. The number of aromatic nitrogens is 3. The van der Waals surface area contributed by atoms with Crippen LogP contribution in [0, 0.1) is 13.8 Å². The van der Waals surface area contributed by atoms with Crippen LogP contribution >= 0.6 is 0 Å². The fourth-order valence-electron chi connectivity index (χ4n) is 4.63. The zero-order chi connectivity index (χ0) is 26.7. The number of amides is 1. The highest BCUT2D eigenvalue weighted by atomic mass is 16.5. The third kappa shape index (κ3) is 5.26. The van der Waals surface area contributed by atoms with E-state index in [9.17, 15) is 14.4 Å². The highest BCUT2D eigenvalue weighted by molar-refractivity contribution is 6.19. The van der Waals surface area contributed by atoms with Gasteiger partial charge in [-0.05, 0) is 43.0 Å². The van der Waals surface area contributed by atoms with Crippen molar-refractivity contribution in [1.29, 1.82) is 0 Å². The average Bonchev–Trinajstić information content (AvgIpc) is 3.54. The number of aliphatic carboxylic acids is 2. The number of aliphatic imine (C=N–C) groups is 1. The van der Waals surface area contributed by atoms with Crippen LogP contribution in [-0.4, -0.2) is 68.9 Å². The Hall–Kier alpha value is -4.38. The van der Waals surface area contributed by atoms with Crippen LogP contribution in [0.5, 0.6) is 5.88 Å². The van der Waals surface area contributed by atoms with Crippen molar-refractivity contribution in [2.24, 2.45) is 4.99 Å². The predicted octanol–water partition coefficient (Wildman–Crippen LogP) is 2.91. The van der Waals surface area contributed by atoms with E-state index in [1.165, 1.54) is 0 Å². The van der Waals surface area contributed by atoms with E-state index in [-0.39, 0.29) is 17.9 Å². The number of carboxylic acid groups (broad SMARTS) is 2. The normalized spacial score (nSPS) is 19.9. The van der Waals surface area contributed by atoms with Crippen LogP contribution in [0.15, 0.2) is 47.8 Å². The van der Waals surface area contributed by atoms with Crippen molar-refractivity contribution < 1.29 is 34.1 Å². The average molecular weight is 507 g/mol. The maximum atomic E-state index is 12.7. The molecule has 1 saturated heterocycles. The fourth-order valence-corrected chi connectivity index (χ4v) is 4.63. The molecule has 1 amide bonds. The first kappa shape index (κ1) is 25.7. The molecule has 1 unspecified atom stereocenters. The molecule has 2 N–H and O–H groups in total. The summed E-state index contributed by atoms with van der Waals surface area (Å²) in [5, 5.41) is 20.1. The van der Waals surface area contributed by atoms with Gasteiger partial charge in [0.1, 0.15) is 0 Å².